The summed E-state index contributed by atoms with van der Waals surface area (Å²) in [6, 6.07) is 13.4. The lowest BCUT2D eigenvalue weighted by molar-refractivity contribution is -0.154. The number of carbonyl (C=O) groups is 5. The van der Waals surface area contributed by atoms with Gasteiger partial charge in [0.2, 0.25) is 17.8 Å². The number of nitrogens with one attached hydrogen (secondary N) is 6. The predicted octanol–water partition coefficient (Wildman–Crippen LogP) is 3.99. The van der Waals surface area contributed by atoms with Gasteiger partial charge in [-0.05, 0) is 73.4 Å². The van der Waals surface area contributed by atoms with Crippen molar-refractivity contribution in [3.05, 3.63) is 83.0 Å². The summed E-state index contributed by atoms with van der Waals surface area (Å²) >= 11 is 6.01. The lowest BCUT2D eigenvalue weighted by atomic mass is 10.1. The Kier molecular flexibility index (Phi) is 12.3. The number of pyridine rings is 1. The van der Waals surface area contributed by atoms with Crippen molar-refractivity contribution in [1.82, 2.24) is 30.6 Å². The van der Waals surface area contributed by atoms with Crippen LogP contribution in [-0.4, -0.2) is 80.0 Å². The molecule has 1 aliphatic rings. The van der Waals surface area contributed by atoms with E-state index in [1.165, 1.54) is 49.5 Å². The van der Waals surface area contributed by atoms with E-state index < -0.39 is 54.1 Å². The number of aliphatic carboxylic acids is 1. The Labute approximate surface area is 314 Å². The first-order valence-corrected chi connectivity index (χ1v) is 16.7. The van der Waals surface area contributed by atoms with Gasteiger partial charge in [0, 0.05) is 29.7 Å². The number of aromatic nitrogens is 4. The van der Waals surface area contributed by atoms with Crippen molar-refractivity contribution in [3.8, 4) is 6.01 Å². The van der Waals surface area contributed by atoms with E-state index in [1.54, 1.807) is 12.1 Å². The SMILES string of the molecule is CC(=O)Nc1ccc(NC(=O)C(=O)NCC[C@H](NC(=O)c2ccc(Nc3nc(NC4(c5ccc(Cl)cc5)CC4)nc(OCC(F)(F)F)n3)cc2)C(=O)O)cn1. The maximum Gasteiger partial charge on any atom is 0.422 e. The van der Waals surface area contributed by atoms with Gasteiger partial charge in [0.05, 0.1) is 17.4 Å². The predicted molar refractivity (Wildman–Crippen MR) is 191 cm³/mol. The molecule has 21 heteroatoms. The molecule has 17 nitrogen and oxygen atoms in total. The van der Waals surface area contributed by atoms with E-state index in [1.807, 2.05) is 12.1 Å². The molecule has 5 rings (SSSR count). The van der Waals surface area contributed by atoms with Crippen LogP contribution in [0.4, 0.5) is 42.3 Å². The van der Waals surface area contributed by atoms with Crippen LogP contribution in [0.25, 0.3) is 0 Å². The van der Waals surface area contributed by atoms with Crippen molar-refractivity contribution in [2.24, 2.45) is 0 Å². The molecular formula is C34H32ClF3N10O7. The van der Waals surface area contributed by atoms with Gasteiger partial charge in [0.1, 0.15) is 11.9 Å². The summed E-state index contributed by atoms with van der Waals surface area (Å²) in [5.74, 6) is -4.64. The number of benzene rings is 2. The maximum absolute atomic E-state index is 12.9. The van der Waals surface area contributed by atoms with E-state index in [-0.39, 0.29) is 47.8 Å². The average Bonchev–Trinajstić information content (AvgIpc) is 3.91. The molecule has 0 bridgehead atoms. The number of ether oxygens (including phenoxy) is 1. The third-order valence-electron chi connectivity index (χ3n) is 7.73. The molecule has 1 atom stereocenters. The summed E-state index contributed by atoms with van der Waals surface area (Å²) in [6.07, 6.45) is -2.33. The fourth-order valence-electron chi connectivity index (χ4n) is 4.93. The Balaban J connectivity index is 1.17. The van der Waals surface area contributed by atoms with Crippen LogP contribution in [0.2, 0.25) is 5.02 Å². The summed E-state index contributed by atoms with van der Waals surface area (Å²) in [5, 5.41) is 25.6. The van der Waals surface area contributed by atoms with Crippen molar-refractivity contribution < 1.29 is 47.0 Å². The van der Waals surface area contributed by atoms with Crippen molar-refractivity contribution in [2.45, 2.75) is 43.9 Å². The van der Waals surface area contributed by atoms with Gasteiger partial charge in [-0.2, -0.15) is 28.1 Å². The number of amides is 4. The quantitative estimate of drug-likeness (QED) is 0.0846. The molecule has 2 aromatic carbocycles. The molecule has 4 amide bonds. The minimum absolute atomic E-state index is 0.0455. The molecule has 4 aromatic rings. The van der Waals surface area contributed by atoms with Gasteiger partial charge < -0.3 is 41.7 Å². The van der Waals surface area contributed by atoms with Crippen LogP contribution >= 0.6 is 11.6 Å². The van der Waals surface area contributed by atoms with Crippen LogP contribution in [-0.2, 0) is 24.7 Å². The van der Waals surface area contributed by atoms with Crippen LogP contribution in [0.3, 0.4) is 0 Å². The van der Waals surface area contributed by atoms with Gasteiger partial charge in [-0.15, -0.1) is 0 Å². The van der Waals surface area contributed by atoms with Gasteiger partial charge in [-0.1, -0.05) is 23.7 Å². The molecule has 2 aromatic heterocycles. The Hall–Kier alpha value is -6.57. The average molecular weight is 785 g/mol. The second kappa shape index (κ2) is 17.1. The van der Waals surface area contributed by atoms with Gasteiger partial charge in [-0.3, -0.25) is 19.2 Å². The van der Waals surface area contributed by atoms with Crippen LogP contribution in [0.5, 0.6) is 6.01 Å². The number of carboxylic acids is 1. The van der Waals surface area contributed by atoms with Gasteiger partial charge in [-0.25, -0.2) is 9.78 Å². The third kappa shape index (κ3) is 11.7. The first-order chi connectivity index (χ1) is 26.1. The molecule has 0 saturated heterocycles. The largest absolute Gasteiger partial charge is 0.480 e. The summed E-state index contributed by atoms with van der Waals surface area (Å²) in [7, 11) is 0. The molecule has 0 spiro atoms. The molecule has 288 valence electrons. The Morgan fingerprint density at radius 1 is 0.891 bits per heavy atom. The summed E-state index contributed by atoms with van der Waals surface area (Å²) in [6.45, 7) is -0.633. The highest BCUT2D eigenvalue weighted by molar-refractivity contribution is 6.39. The molecule has 0 aliphatic heterocycles. The number of carbonyl (C=O) groups excluding carboxylic acids is 4. The van der Waals surface area contributed by atoms with Crippen molar-refractivity contribution in [1.29, 1.82) is 0 Å². The zero-order valence-corrected chi connectivity index (χ0v) is 29.4. The van der Waals surface area contributed by atoms with E-state index in [9.17, 15) is 42.3 Å². The topological polar surface area (TPSA) is 239 Å². The molecule has 7 N–H and O–H groups in total. The Bertz CT molecular complexity index is 2050. The van der Waals surface area contributed by atoms with Crippen molar-refractivity contribution >= 4 is 70.3 Å². The molecule has 2 heterocycles. The van der Waals surface area contributed by atoms with E-state index in [0.717, 1.165) is 5.56 Å². The smallest absolute Gasteiger partial charge is 0.422 e. The first kappa shape index (κ1) is 39.6. The lowest BCUT2D eigenvalue weighted by Crippen LogP contribution is -2.44. The fraction of sp³-hybridized carbons (Fsp3) is 0.265. The van der Waals surface area contributed by atoms with Crippen molar-refractivity contribution in [3.63, 3.8) is 0 Å². The zero-order chi connectivity index (χ0) is 39.8. The fourth-order valence-corrected chi connectivity index (χ4v) is 5.05. The van der Waals surface area contributed by atoms with Gasteiger partial charge in [0.15, 0.2) is 6.61 Å². The number of hydrogen-bond donors (Lipinski definition) is 7. The molecule has 1 aliphatic carbocycles. The highest BCUT2D eigenvalue weighted by atomic mass is 35.5. The van der Waals surface area contributed by atoms with Gasteiger partial charge in [0.25, 0.3) is 5.91 Å². The molecule has 0 radical (unpaired) electrons. The van der Waals surface area contributed by atoms with E-state index in [0.29, 0.717) is 23.6 Å². The van der Waals surface area contributed by atoms with Crippen LogP contribution in [0.15, 0.2) is 66.9 Å². The number of halogens is 4. The number of anilines is 5. The second-order valence-corrected chi connectivity index (χ2v) is 12.5. The van der Waals surface area contributed by atoms with Crippen molar-refractivity contribution in [2.75, 3.05) is 34.4 Å². The van der Waals surface area contributed by atoms with E-state index in [2.05, 4.69) is 51.8 Å². The zero-order valence-electron chi connectivity index (χ0n) is 28.7. The molecule has 0 unspecified atom stereocenters. The number of carboxylic acid groups (broad SMARTS) is 1. The summed E-state index contributed by atoms with van der Waals surface area (Å²) < 4.78 is 43.6. The second-order valence-electron chi connectivity index (χ2n) is 12.1. The lowest BCUT2D eigenvalue weighted by Gasteiger charge is -2.19. The Morgan fingerprint density at radius 3 is 2.16 bits per heavy atom. The monoisotopic (exact) mass is 784 g/mol. The van der Waals surface area contributed by atoms with E-state index >= 15 is 0 Å². The minimum Gasteiger partial charge on any atom is -0.480 e. The molecule has 1 saturated carbocycles. The first-order valence-electron chi connectivity index (χ1n) is 16.3. The third-order valence-corrected chi connectivity index (χ3v) is 7.99. The summed E-state index contributed by atoms with van der Waals surface area (Å²) in [4.78, 5) is 76.5. The minimum atomic E-state index is -4.65. The highest BCUT2D eigenvalue weighted by Gasteiger charge is 2.45. The van der Waals surface area contributed by atoms with Crippen LogP contribution in [0, 0.1) is 0 Å². The molecule has 1 fully saturated rings. The van der Waals surface area contributed by atoms with Crippen LogP contribution in [0.1, 0.15) is 42.1 Å². The molecule has 55 heavy (non-hydrogen) atoms. The maximum atomic E-state index is 12.9. The highest BCUT2D eigenvalue weighted by Crippen LogP contribution is 2.48. The van der Waals surface area contributed by atoms with Crippen LogP contribution < -0.4 is 36.6 Å². The number of alkyl halides is 3. The molecular weight excluding hydrogens is 753 g/mol. The Morgan fingerprint density at radius 2 is 1.56 bits per heavy atom. The normalized spacial score (nSPS) is 13.4. The number of nitrogens with zero attached hydrogens (tertiary/aromatic N) is 4. The van der Waals surface area contributed by atoms with E-state index in [4.69, 9.17) is 16.3 Å². The van der Waals surface area contributed by atoms with Gasteiger partial charge >= 0.3 is 30.0 Å². The summed E-state index contributed by atoms with van der Waals surface area (Å²) in [5.41, 5.74) is 0.820. The number of hydrogen-bond acceptors (Lipinski definition) is 12. The standard InChI is InChI=1S/C34H32ClF3N10O7/c1-18(49)41-25-11-10-23(16-40-25)42-28(52)27(51)39-15-12-24(29(53)54)44-26(50)19-2-8-22(9-3-19)43-30-45-31(47-32(46-30)55-17-34(36,37)38)48-33(13-14-33)20-4-6-21(35)7-5-20/h2-11,16,24H,12-15,17H2,1H3,(H,39,51)(H,42,52)(H,44,50)(H,53,54)(H,40,41,49)(H2,43,45,46,47,48)/t24-/m0/s1. The number of rotatable bonds is 15.